The SMILES string of the molecule is CN(C)CC1C(c2ccccc2)=CC2CCC1C2. The zero-order chi connectivity index (χ0) is 12.5. The fraction of sp³-hybridized carbons (Fsp3) is 0.529. The lowest BCUT2D eigenvalue weighted by atomic mass is 9.76. The van der Waals surface area contributed by atoms with Gasteiger partial charge >= 0.3 is 0 Å². The van der Waals surface area contributed by atoms with Crippen LogP contribution in [0.2, 0.25) is 0 Å². The molecule has 0 aliphatic heterocycles. The van der Waals surface area contributed by atoms with Crippen LogP contribution in [0.15, 0.2) is 36.4 Å². The van der Waals surface area contributed by atoms with E-state index in [1.165, 1.54) is 31.4 Å². The number of nitrogens with zero attached hydrogens (tertiary/aromatic N) is 1. The van der Waals surface area contributed by atoms with Crippen LogP contribution < -0.4 is 0 Å². The molecule has 2 aliphatic carbocycles. The number of rotatable bonds is 3. The molecule has 1 heteroatoms. The molecule has 0 aromatic heterocycles. The van der Waals surface area contributed by atoms with Gasteiger partial charge in [-0.25, -0.2) is 0 Å². The zero-order valence-corrected chi connectivity index (χ0v) is 11.5. The summed E-state index contributed by atoms with van der Waals surface area (Å²) >= 11 is 0. The third kappa shape index (κ3) is 2.24. The molecule has 0 spiro atoms. The van der Waals surface area contributed by atoms with Gasteiger partial charge in [-0.1, -0.05) is 36.4 Å². The first kappa shape index (κ1) is 12.0. The van der Waals surface area contributed by atoms with Gasteiger partial charge in [0.15, 0.2) is 0 Å². The average Bonchev–Trinajstić information content (AvgIpc) is 2.77. The standard InChI is InChI=1S/C17H23N/c1-18(2)12-17-15-9-8-13(10-15)11-16(17)14-6-4-3-5-7-14/h3-7,11,13,15,17H,8-10,12H2,1-2H3. The summed E-state index contributed by atoms with van der Waals surface area (Å²) in [5, 5.41) is 0. The first-order valence-electron chi connectivity index (χ1n) is 7.16. The van der Waals surface area contributed by atoms with E-state index in [2.05, 4.69) is 55.4 Å². The Labute approximate surface area is 111 Å². The Kier molecular flexibility index (Phi) is 3.25. The predicted molar refractivity (Wildman–Crippen MR) is 77.3 cm³/mol. The topological polar surface area (TPSA) is 3.24 Å². The molecular formula is C17H23N. The van der Waals surface area contributed by atoms with Crippen LogP contribution in [-0.2, 0) is 0 Å². The minimum atomic E-state index is 0.737. The second-order valence-electron chi connectivity index (χ2n) is 6.19. The minimum Gasteiger partial charge on any atom is -0.309 e. The van der Waals surface area contributed by atoms with E-state index in [0.29, 0.717) is 0 Å². The van der Waals surface area contributed by atoms with E-state index >= 15 is 0 Å². The fourth-order valence-electron chi connectivity index (χ4n) is 3.78. The normalized spacial score (nSPS) is 30.6. The highest BCUT2D eigenvalue weighted by Crippen LogP contribution is 2.47. The Bertz CT molecular complexity index is 432. The summed E-state index contributed by atoms with van der Waals surface area (Å²) in [6.07, 6.45) is 6.84. The maximum Gasteiger partial charge on any atom is 0.00469 e. The second kappa shape index (κ2) is 4.89. The van der Waals surface area contributed by atoms with Gasteiger partial charge in [0.1, 0.15) is 0 Å². The lowest BCUT2D eigenvalue weighted by Crippen LogP contribution is -2.29. The molecule has 3 atom stereocenters. The Hall–Kier alpha value is -1.08. The van der Waals surface area contributed by atoms with Crippen LogP contribution >= 0.6 is 0 Å². The molecule has 3 unspecified atom stereocenters. The number of allylic oxidation sites excluding steroid dienone is 1. The van der Waals surface area contributed by atoms with Crippen molar-refractivity contribution >= 4 is 5.57 Å². The fourth-order valence-corrected chi connectivity index (χ4v) is 3.78. The molecule has 0 heterocycles. The molecule has 96 valence electrons. The first-order chi connectivity index (χ1) is 8.74. The Morgan fingerprint density at radius 1 is 1.11 bits per heavy atom. The zero-order valence-electron chi connectivity index (χ0n) is 11.5. The Morgan fingerprint density at radius 2 is 1.89 bits per heavy atom. The number of fused-ring (bicyclic) bond motifs is 2. The summed E-state index contributed by atoms with van der Waals surface area (Å²) in [4.78, 5) is 2.35. The quantitative estimate of drug-likeness (QED) is 0.780. The molecule has 18 heavy (non-hydrogen) atoms. The van der Waals surface area contributed by atoms with E-state index in [1.807, 2.05) is 0 Å². The van der Waals surface area contributed by atoms with Crippen molar-refractivity contribution in [1.82, 2.24) is 4.90 Å². The molecule has 0 radical (unpaired) electrons. The van der Waals surface area contributed by atoms with E-state index in [4.69, 9.17) is 0 Å². The van der Waals surface area contributed by atoms with Crippen molar-refractivity contribution in [3.8, 4) is 0 Å². The number of benzene rings is 1. The second-order valence-corrected chi connectivity index (χ2v) is 6.19. The van der Waals surface area contributed by atoms with Gasteiger partial charge in [0.25, 0.3) is 0 Å². The lowest BCUT2D eigenvalue weighted by molar-refractivity contribution is 0.289. The third-order valence-corrected chi connectivity index (χ3v) is 4.57. The first-order valence-corrected chi connectivity index (χ1v) is 7.16. The number of hydrogen-bond acceptors (Lipinski definition) is 1. The molecule has 2 aliphatic rings. The van der Waals surface area contributed by atoms with Gasteiger partial charge in [-0.05, 0) is 62.2 Å². The summed E-state index contributed by atoms with van der Waals surface area (Å²) in [7, 11) is 4.40. The summed E-state index contributed by atoms with van der Waals surface area (Å²) in [6.45, 7) is 1.19. The average molecular weight is 241 g/mol. The number of hydrogen-bond donors (Lipinski definition) is 0. The van der Waals surface area contributed by atoms with Crippen LogP contribution in [-0.4, -0.2) is 25.5 Å². The van der Waals surface area contributed by atoms with E-state index in [1.54, 1.807) is 5.57 Å². The summed E-state index contributed by atoms with van der Waals surface area (Å²) in [6, 6.07) is 11.0. The molecule has 1 aromatic carbocycles. The van der Waals surface area contributed by atoms with Crippen molar-refractivity contribution in [3.63, 3.8) is 0 Å². The summed E-state index contributed by atoms with van der Waals surface area (Å²) in [5.41, 5.74) is 3.06. The van der Waals surface area contributed by atoms with E-state index in [0.717, 1.165) is 17.8 Å². The van der Waals surface area contributed by atoms with Crippen LogP contribution in [0, 0.1) is 17.8 Å². The van der Waals surface area contributed by atoms with Gasteiger partial charge in [0.05, 0.1) is 0 Å². The van der Waals surface area contributed by atoms with Crippen LogP contribution in [0.4, 0.5) is 0 Å². The van der Waals surface area contributed by atoms with Gasteiger partial charge < -0.3 is 4.90 Å². The Balaban J connectivity index is 1.94. The molecule has 0 saturated heterocycles. The van der Waals surface area contributed by atoms with Crippen molar-refractivity contribution < 1.29 is 0 Å². The van der Waals surface area contributed by atoms with Gasteiger partial charge in [-0.2, -0.15) is 0 Å². The minimum absolute atomic E-state index is 0.737. The molecule has 1 fully saturated rings. The molecule has 3 rings (SSSR count). The molecule has 1 saturated carbocycles. The Morgan fingerprint density at radius 3 is 2.61 bits per heavy atom. The van der Waals surface area contributed by atoms with Crippen molar-refractivity contribution in [2.45, 2.75) is 19.3 Å². The van der Waals surface area contributed by atoms with Gasteiger partial charge in [-0.15, -0.1) is 0 Å². The largest absolute Gasteiger partial charge is 0.309 e. The molecule has 0 N–H and O–H groups in total. The van der Waals surface area contributed by atoms with Crippen molar-refractivity contribution in [1.29, 1.82) is 0 Å². The predicted octanol–water partition coefficient (Wildman–Crippen LogP) is 3.68. The van der Waals surface area contributed by atoms with Crippen LogP contribution in [0.5, 0.6) is 0 Å². The van der Waals surface area contributed by atoms with Crippen LogP contribution in [0.25, 0.3) is 5.57 Å². The van der Waals surface area contributed by atoms with Crippen LogP contribution in [0.1, 0.15) is 24.8 Å². The highest BCUT2D eigenvalue weighted by Gasteiger charge is 2.37. The maximum atomic E-state index is 2.58. The molecule has 0 amide bonds. The van der Waals surface area contributed by atoms with Gasteiger partial charge in [0, 0.05) is 6.54 Å². The van der Waals surface area contributed by atoms with E-state index < -0.39 is 0 Å². The van der Waals surface area contributed by atoms with Crippen molar-refractivity contribution in [2.75, 3.05) is 20.6 Å². The molecule has 2 bridgehead atoms. The lowest BCUT2D eigenvalue weighted by Gasteiger charge is -2.32. The van der Waals surface area contributed by atoms with Crippen LogP contribution in [0.3, 0.4) is 0 Å². The maximum absolute atomic E-state index is 2.58. The van der Waals surface area contributed by atoms with Gasteiger partial charge in [0.2, 0.25) is 0 Å². The molecular weight excluding hydrogens is 218 g/mol. The molecule has 1 nitrogen and oxygen atoms in total. The summed E-state index contributed by atoms with van der Waals surface area (Å²) < 4.78 is 0. The third-order valence-electron chi connectivity index (χ3n) is 4.57. The van der Waals surface area contributed by atoms with E-state index in [-0.39, 0.29) is 0 Å². The van der Waals surface area contributed by atoms with E-state index in [9.17, 15) is 0 Å². The molecule has 1 aromatic rings. The van der Waals surface area contributed by atoms with Crippen molar-refractivity contribution in [3.05, 3.63) is 42.0 Å². The summed E-state index contributed by atoms with van der Waals surface area (Å²) in [5.74, 6) is 2.50. The highest BCUT2D eigenvalue weighted by atomic mass is 15.1. The van der Waals surface area contributed by atoms with Crippen molar-refractivity contribution in [2.24, 2.45) is 17.8 Å². The monoisotopic (exact) mass is 241 g/mol. The van der Waals surface area contributed by atoms with Gasteiger partial charge in [-0.3, -0.25) is 0 Å². The highest BCUT2D eigenvalue weighted by molar-refractivity contribution is 5.69. The smallest absolute Gasteiger partial charge is 0.00469 e.